The number of hydrogen-bond acceptors (Lipinski definition) is 4. The molecule has 21 heavy (non-hydrogen) atoms. The fourth-order valence-electron chi connectivity index (χ4n) is 2.29. The number of carboxylic acid groups (broad SMARTS) is 1. The zero-order valence-corrected chi connectivity index (χ0v) is 13.3. The fraction of sp³-hybridized carbons (Fsp3) is 0.429. The Bertz CT molecular complexity index is 615. The van der Waals surface area contributed by atoms with Crippen molar-refractivity contribution in [1.29, 1.82) is 0 Å². The van der Waals surface area contributed by atoms with E-state index in [2.05, 4.69) is 31.5 Å². The summed E-state index contributed by atoms with van der Waals surface area (Å²) in [6.45, 7) is 2.02. The first-order chi connectivity index (χ1) is 10.1. The molecule has 7 heteroatoms. The van der Waals surface area contributed by atoms with E-state index in [1.54, 1.807) is 4.68 Å². The summed E-state index contributed by atoms with van der Waals surface area (Å²) < 4.78 is 2.65. The molecule has 0 amide bonds. The van der Waals surface area contributed by atoms with Gasteiger partial charge in [0.1, 0.15) is 0 Å². The molecule has 0 aliphatic carbocycles. The highest BCUT2D eigenvalue weighted by Gasteiger charge is 2.19. The van der Waals surface area contributed by atoms with Crippen molar-refractivity contribution in [3.63, 3.8) is 0 Å². The van der Waals surface area contributed by atoms with Crippen LogP contribution in [0, 0.1) is 0 Å². The normalized spacial score (nSPS) is 12.3. The van der Waals surface area contributed by atoms with Gasteiger partial charge in [-0.2, -0.15) is 0 Å². The summed E-state index contributed by atoms with van der Waals surface area (Å²) >= 11 is 3.44. The number of halogens is 1. The molecule has 2 aromatic rings. The molecule has 1 atom stereocenters. The lowest BCUT2D eigenvalue weighted by molar-refractivity contribution is -0.138. The van der Waals surface area contributed by atoms with Crippen molar-refractivity contribution >= 4 is 21.9 Å². The van der Waals surface area contributed by atoms with Gasteiger partial charge in [0.15, 0.2) is 5.82 Å². The van der Waals surface area contributed by atoms with Crippen LogP contribution in [0.3, 0.4) is 0 Å². The molecule has 1 aromatic carbocycles. The van der Waals surface area contributed by atoms with E-state index in [9.17, 15) is 4.79 Å². The molecule has 0 saturated carbocycles. The van der Waals surface area contributed by atoms with Crippen molar-refractivity contribution in [3.8, 4) is 0 Å². The largest absolute Gasteiger partial charge is 0.481 e. The highest BCUT2D eigenvalue weighted by atomic mass is 79.9. The predicted octanol–water partition coefficient (Wildman–Crippen LogP) is 2.84. The molecule has 0 aliphatic rings. The second kappa shape index (κ2) is 7.31. The van der Waals surface area contributed by atoms with Gasteiger partial charge in [0.05, 0.1) is 12.5 Å². The number of benzene rings is 1. The van der Waals surface area contributed by atoms with Crippen LogP contribution in [-0.4, -0.2) is 31.3 Å². The van der Waals surface area contributed by atoms with Crippen molar-refractivity contribution in [2.24, 2.45) is 0 Å². The van der Waals surface area contributed by atoms with Gasteiger partial charge in [0, 0.05) is 10.9 Å². The van der Waals surface area contributed by atoms with Gasteiger partial charge in [-0.05, 0) is 34.5 Å². The van der Waals surface area contributed by atoms with Crippen molar-refractivity contribution in [2.45, 2.75) is 38.6 Å². The fourth-order valence-corrected chi connectivity index (χ4v) is 2.73. The van der Waals surface area contributed by atoms with Crippen LogP contribution in [0.2, 0.25) is 0 Å². The van der Waals surface area contributed by atoms with E-state index in [0.29, 0.717) is 12.2 Å². The minimum atomic E-state index is -0.836. The molecular weight excluding hydrogens is 336 g/mol. The molecular formula is C14H17BrN4O2. The van der Waals surface area contributed by atoms with E-state index in [0.717, 1.165) is 22.9 Å². The number of hydrogen-bond donors (Lipinski definition) is 1. The summed E-state index contributed by atoms with van der Waals surface area (Å²) in [7, 11) is 0. The first-order valence-corrected chi connectivity index (χ1v) is 7.62. The number of aromatic nitrogens is 4. The summed E-state index contributed by atoms with van der Waals surface area (Å²) in [6.07, 6.45) is 2.23. The van der Waals surface area contributed by atoms with E-state index < -0.39 is 5.97 Å². The lowest BCUT2D eigenvalue weighted by atomic mass is 10.1. The van der Waals surface area contributed by atoms with Crippen LogP contribution in [0.5, 0.6) is 0 Å². The third-order valence-corrected chi connectivity index (χ3v) is 3.68. The van der Waals surface area contributed by atoms with Crippen molar-refractivity contribution in [3.05, 3.63) is 40.1 Å². The van der Waals surface area contributed by atoms with E-state index in [4.69, 9.17) is 5.11 Å². The van der Waals surface area contributed by atoms with Crippen LogP contribution >= 0.6 is 15.9 Å². The second-order valence-corrected chi connectivity index (χ2v) is 5.80. The predicted molar refractivity (Wildman–Crippen MR) is 81.0 cm³/mol. The quantitative estimate of drug-likeness (QED) is 0.828. The Hall–Kier alpha value is -1.76. The summed E-state index contributed by atoms with van der Waals surface area (Å²) in [4.78, 5) is 11.0. The maximum atomic E-state index is 11.0. The Labute approximate surface area is 131 Å². The van der Waals surface area contributed by atoms with E-state index in [-0.39, 0.29) is 12.5 Å². The minimum Gasteiger partial charge on any atom is -0.481 e. The zero-order valence-electron chi connectivity index (χ0n) is 11.7. The number of carbonyl (C=O) groups is 1. The van der Waals surface area contributed by atoms with Gasteiger partial charge in [-0.15, -0.1) is 5.10 Å². The molecule has 0 aliphatic heterocycles. The highest BCUT2D eigenvalue weighted by Crippen LogP contribution is 2.20. The van der Waals surface area contributed by atoms with Crippen molar-refractivity contribution in [2.75, 3.05) is 0 Å². The molecule has 0 fully saturated rings. The second-order valence-electron chi connectivity index (χ2n) is 4.89. The van der Waals surface area contributed by atoms with Crippen LogP contribution < -0.4 is 0 Å². The van der Waals surface area contributed by atoms with Crippen LogP contribution in [0.15, 0.2) is 28.7 Å². The third-order valence-electron chi connectivity index (χ3n) is 3.19. The Kier molecular flexibility index (Phi) is 5.44. The van der Waals surface area contributed by atoms with Gasteiger partial charge < -0.3 is 5.11 Å². The molecule has 1 aromatic heterocycles. The lowest BCUT2D eigenvalue weighted by Gasteiger charge is -2.15. The van der Waals surface area contributed by atoms with Gasteiger partial charge in [-0.3, -0.25) is 4.79 Å². The first kappa shape index (κ1) is 15.6. The average Bonchev–Trinajstić information content (AvgIpc) is 2.86. The van der Waals surface area contributed by atoms with E-state index in [1.165, 1.54) is 0 Å². The number of carboxylic acids is 1. The molecule has 1 N–H and O–H groups in total. The molecule has 6 nitrogen and oxygen atoms in total. The Morgan fingerprint density at radius 1 is 1.48 bits per heavy atom. The van der Waals surface area contributed by atoms with Crippen LogP contribution in [0.4, 0.5) is 0 Å². The Morgan fingerprint density at radius 3 is 2.95 bits per heavy atom. The molecule has 0 saturated heterocycles. The van der Waals surface area contributed by atoms with Crippen LogP contribution in [0.1, 0.15) is 43.6 Å². The lowest BCUT2D eigenvalue weighted by Crippen LogP contribution is -2.18. The molecule has 0 bridgehead atoms. The molecule has 2 rings (SSSR count). The highest BCUT2D eigenvalue weighted by molar-refractivity contribution is 9.10. The smallest absolute Gasteiger partial charge is 0.305 e. The maximum Gasteiger partial charge on any atom is 0.305 e. The molecule has 1 heterocycles. The van der Waals surface area contributed by atoms with Crippen molar-refractivity contribution < 1.29 is 9.90 Å². The van der Waals surface area contributed by atoms with Gasteiger partial charge in [0.25, 0.3) is 0 Å². The number of tetrazole rings is 1. The Balaban J connectivity index is 2.21. The molecule has 112 valence electrons. The molecule has 0 radical (unpaired) electrons. The topological polar surface area (TPSA) is 80.9 Å². The van der Waals surface area contributed by atoms with Crippen molar-refractivity contribution in [1.82, 2.24) is 20.2 Å². The maximum absolute atomic E-state index is 11.0. The average molecular weight is 353 g/mol. The number of rotatable bonds is 7. The summed E-state index contributed by atoms with van der Waals surface area (Å²) in [6, 6.07) is 7.70. The van der Waals surface area contributed by atoms with Gasteiger partial charge in [-0.1, -0.05) is 41.4 Å². The Morgan fingerprint density at radius 2 is 2.29 bits per heavy atom. The van der Waals surface area contributed by atoms with Crippen LogP contribution in [-0.2, 0) is 11.2 Å². The number of aliphatic carboxylic acids is 1. The zero-order chi connectivity index (χ0) is 15.2. The van der Waals surface area contributed by atoms with Gasteiger partial charge in [-0.25, -0.2) is 4.68 Å². The standard InChI is InChI=1S/C14H17BrN4O2/c1-2-4-12(9-14(20)21)19-13(16-17-18-19)8-10-5-3-6-11(15)7-10/h3,5-7,12H,2,4,8-9H2,1H3,(H,20,21). The van der Waals surface area contributed by atoms with E-state index in [1.807, 2.05) is 31.2 Å². The summed E-state index contributed by atoms with van der Waals surface area (Å²) in [5, 5.41) is 20.8. The van der Waals surface area contributed by atoms with Gasteiger partial charge in [0.2, 0.25) is 0 Å². The summed E-state index contributed by atoms with van der Waals surface area (Å²) in [5.74, 6) is -0.148. The monoisotopic (exact) mass is 352 g/mol. The number of nitrogens with zero attached hydrogens (tertiary/aromatic N) is 4. The van der Waals surface area contributed by atoms with Crippen LogP contribution in [0.25, 0.3) is 0 Å². The summed E-state index contributed by atoms with van der Waals surface area (Å²) in [5.41, 5.74) is 1.07. The molecule has 0 spiro atoms. The SMILES string of the molecule is CCCC(CC(=O)O)n1nnnc1Cc1cccc(Br)c1. The first-order valence-electron chi connectivity index (χ1n) is 6.83. The molecule has 1 unspecified atom stereocenters. The third kappa shape index (κ3) is 4.35. The minimum absolute atomic E-state index is 0.0321. The van der Waals surface area contributed by atoms with Gasteiger partial charge >= 0.3 is 5.97 Å². The van der Waals surface area contributed by atoms with E-state index >= 15 is 0 Å².